The fraction of sp³-hybridized carbons (Fsp3) is 0.500. The summed E-state index contributed by atoms with van der Waals surface area (Å²) >= 11 is 0. The van der Waals surface area contributed by atoms with Crippen LogP contribution in [0, 0.1) is 22.9 Å². The van der Waals surface area contributed by atoms with E-state index in [0.717, 1.165) is 12.8 Å². The second-order valence-electron chi connectivity index (χ2n) is 4.29. The van der Waals surface area contributed by atoms with Gasteiger partial charge in [0.15, 0.2) is 11.7 Å². The Morgan fingerprint density at radius 2 is 2.00 bits per heavy atom. The summed E-state index contributed by atoms with van der Waals surface area (Å²) in [7, 11) is 1.87. The van der Waals surface area contributed by atoms with Gasteiger partial charge in [0, 0.05) is 17.4 Å². The standard InChI is InChI=1S/C10H13N5/c1-10(3-4-10)15(7-11,8-12)14-6-5-13(2)9-14/h5-6,9H,3-4H2,1-2H3/q+2. The van der Waals surface area contributed by atoms with Gasteiger partial charge in [-0.15, -0.1) is 10.5 Å². The Hall–Kier alpha value is -1.85. The molecule has 5 nitrogen and oxygen atoms in total. The van der Waals surface area contributed by atoms with Crippen LogP contribution in [0.3, 0.4) is 0 Å². The minimum atomic E-state index is -0.312. The van der Waals surface area contributed by atoms with E-state index in [9.17, 15) is 10.5 Å². The van der Waals surface area contributed by atoms with Crippen molar-refractivity contribution in [3.8, 4) is 12.4 Å². The number of quaternary nitrogens is 1. The van der Waals surface area contributed by atoms with Crippen LogP contribution in [0.2, 0.25) is 0 Å². The zero-order valence-corrected chi connectivity index (χ0v) is 8.88. The molecule has 0 unspecified atom stereocenters. The van der Waals surface area contributed by atoms with Gasteiger partial charge in [-0.05, 0) is 11.6 Å². The van der Waals surface area contributed by atoms with Crippen molar-refractivity contribution in [3.63, 3.8) is 0 Å². The van der Waals surface area contributed by atoms with Gasteiger partial charge in [0.2, 0.25) is 0 Å². The first-order valence-electron chi connectivity index (χ1n) is 4.84. The first-order valence-corrected chi connectivity index (χ1v) is 4.84. The molecule has 76 valence electrons. The van der Waals surface area contributed by atoms with Crippen LogP contribution in [0.1, 0.15) is 19.8 Å². The molecule has 0 amide bonds. The predicted molar refractivity (Wildman–Crippen MR) is 52.0 cm³/mol. The van der Waals surface area contributed by atoms with Crippen LogP contribution in [-0.4, -0.2) is 10.1 Å². The highest BCUT2D eigenvalue weighted by Gasteiger charge is 2.64. The van der Waals surface area contributed by atoms with Crippen molar-refractivity contribution in [1.29, 1.82) is 10.5 Å². The van der Waals surface area contributed by atoms with Crippen molar-refractivity contribution in [3.05, 3.63) is 18.7 Å². The maximum Gasteiger partial charge on any atom is 0.370 e. The van der Waals surface area contributed by atoms with E-state index < -0.39 is 0 Å². The maximum absolute atomic E-state index is 9.28. The van der Waals surface area contributed by atoms with Crippen molar-refractivity contribution in [1.82, 2.24) is 9.16 Å². The van der Waals surface area contributed by atoms with E-state index in [1.807, 2.05) is 24.7 Å². The summed E-state index contributed by atoms with van der Waals surface area (Å²) in [5, 5.41) is 18.6. The van der Waals surface area contributed by atoms with Gasteiger partial charge in [-0.1, -0.05) is 0 Å². The number of nitriles is 2. The number of aromatic nitrogens is 2. The SMILES string of the molecule is Cn1cc[n+]([N+](C#N)(C#N)C2(C)CC2)c1. The van der Waals surface area contributed by atoms with Gasteiger partial charge in [0.1, 0.15) is 6.20 Å². The van der Waals surface area contributed by atoms with Crippen LogP contribution >= 0.6 is 0 Å². The quantitative estimate of drug-likeness (QED) is 0.393. The Labute approximate surface area is 88.6 Å². The zero-order chi connectivity index (χ0) is 11.1. The topological polar surface area (TPSA) is 56.4 Å². The van der Waals surface area contributed by atoms with E-state index in [1.54, 1.807) is 17.2 Å². The van der Waals surface area contributed by atoms with Gasteiger partial charge < -0.3 is 0 Å². The first kappa shape index (κ1) is 9.70. The molecule has 1 aromatic heterocycles. The summed E-state index contributed by atoms with van der Waals surface area (Å²) in [5.41, 5.74) is -0.254. The fourth-order valence-electron chi connectivity index (χ4n) is 1.76. The van der Waals surface area contributed by atoms with Gasteiger partial charge >= 0.3 is 12.4 Å². The number of hydrogen-bond donors (Lipinski definition) is 0. The molecule has 0 N–H and O–H groups in total. The Morgan fingerprint density at radius 1 is 1.40 bits per heavy atom. The van der Waals surface area contributed by atoms with Crippen molar-refractivity contribution >= 4 is 0 Å². The lowest BCUT2D eigenvalue weighted by Crippen LogP contribution is -2.74. The summed E-state index contributed by atoms with van der Waals surface area (Å²) in [4.78, 5) is 0. The second kappa shape index (κ2) is 2.82. The molecule has 0 aliphatic heterocycles. The molecule has 2 rings (SSSR count). The van der Waals surface area contributed by atoms with E-state index in [1.165, 1.54) is 0 Å². The number of hydrogen-bond acceptors (Lipinski definition) is 2. The van der Waals surface area contributed by atoms with Gasteiger partial charge in [0.25, 0.3) is 6.33 Å². The third kappa shape index (κ3) is 1.14. The lowest BCUT2D eigenvalue weighted by Gasteiger charge is -2.20. The molecule has 1 aromatic rings. The third-order valence-electron chi connectivity index (χ3n) is 3.15. The minimum absolute atomic E-state index is 0.254. The minimum Gasteiger partial charge on any atom is -0.235 e. The largest absolute Gasteiger partial charge is 0.370 e. The van der Waals surface area contributed by atoms with E-state index in [-0.39, 0.29) is 10.1 Å². The van der Waals surface area contributed by atoms with E-state index in [4.69, 9.17) is 0 Å². The lowest BCUT2D eigenvalue weighted by atomic mass is 10.3. The van der Waals surface area contributed by atoms with Crippen LogP contribution in [0.5, 0.6) is 0 Å². The molecule has 0 radical (unpaired) electrons. The van der Waals surface area contributed by atoms with Crippen LogP contribution in [-0.2, 0) is 7.05 Å². The Bertz CT molecular complexity index is 455. The fourth-order valence-corrected chi connectivity index (χ4v) is 1.76. The third-order valence-corrected chi connectivity index (χ3v) is 3.15. The highest BCUT2D eigenvalue weighted by molar-refractivity contribution is 5.19. The monoisotopic (exact) mass is 203 g/mol. The molecule has 1 heterocycles. The van der Waals surface area contributed by atoms with Gasteiger partial charge in [-0.3, -0.25) is 0 Å². The summed E-state index contributed by atoms with van der Waals surface area (Å²) in [6.45, 7) is 1.97. The molecule has 1 saturated carbocycles. The average Bonchev–Trinajstić information content (AvgIpc) is 2.81. The van der Waals surface area contributed by atoms with Crippen LogP contribution < -0.4 is 9.27 Å². The molecule has 1 aliphatic carbocycles. The normalized spacial score (nSPS) is 17.9. The van der Waals surface area contributed by atoms with Gasteiger partial charge in [0.05, 0.1) is 7.05 Å². The molecule has 0 bridgehead atoms. The summed E-state index contributed by atoms with van der Waals surface area (Å²) in [6, 6.07) is 0. The van der Waals surface area contributed by atoms with Gasteiger partial charge in [-0.25, -0.2) is 4.57 Å². The van der Waals surface area contributed by atoms with Crippen molar-refractivity contribution in [2.24, 2.45) is 7.05 Å². The molecule has 15 heavy (non-hydrogen) atoms. The molecular weight excluding hydrogens is 190 g/mol. The molecule has 0 saturated heterocycles. The predicted octanol–water partition coefficient (Wildman–Crippen LogP) is 0.266. The molecular formula is C10H13N5+2. The Balaban J connectivity index is 2.55. The highest BCUT2D eigenvalue weighted by Crippen LogP contribution is 2.42. The van der Waals surface area contributed by atoms with E-state index in [2.05, 4.69) is 12.4 Å². The van der Waals surface area contributed by atoms with E-state index in [0.29, 0.717) is 0 Å². The molecule has 5 heteroatoms. The molecule has 1 fully saturated rings. The first-order chi connectivity index (χ1) is 7.08. The maximum atomic E-state index is 9.28. The molecule has 0 atom stereocenters. The molecule has 0 spiro atoms. The molecule has 0 aromatic carbocycles. The Morgan fingerprint density at radius 3 is 2.33 bits per heavy atom. The Kier molecular flexibility index (Phi) is 1.82. The molecule has 1 aliphatic rings. The lowest BCUT2D eigenvalue weighted by molar-refractivity contribution is -0.802. The zero-order valence-electron chi connectivity index (χ0n) is 8.88. The van der Waals surface area contributed by atoms with Crippen LogP contribution in [0.15, 0.2) is 18.7 Å². The number of rotatable bonds is 2. The van der Waals surface area contributed by atoms with Gasteiger partial charge in [-0.2, -0.15) is 0 Å². The van der Waals surface area contributed by atoms with Crippen molar-refractivity contribution in [2.75, 3.05) is 0 Å². The van der Waals surface area contributed by atoms with E-state index >= 15 is 0 Å². The number of nitrogens with zero attached hydrogens (tertiary/aromatic N) is 5. The van der Waals surface area contributed by atoms with Crippen molar-refractivity contribution in [2.45, 2.75) is 25.3 Å². The highest BCUT2D eigenvalue weighted by atomic mass is 15.7. The average molecular weight is 203 g/mol. The van der Waals surface area contributed by atoms with Crippen LogP contribution in [0.4, 0.5) is 0 Å². The number of imidazole rings is 1. The number of aryl methyl sites for hydroxylation is 1. The second-order valence-corrected chi connectivity index (χ2v) is 4.29. The smallest absolute Gasteiger partial charge is 0.235 e. The summed E-state index contributed by atoms with van der Waals surface area (Å²) in [6.07, 6.45) is 11.4. The summed E-state index contributed by atoms with van der Waals surface area (Å²) in [5.74, 6) is 0. The summed E-state index contributed by atoms with van der Waals surface area (Å²) < 4.78 is 3.17. The van der Waals surface area contributed by atoms with Crippen LogP contribution in [0.25, 0.3) is 0 Å². The van der Waals surface area contributed by atoms with Crippen molar-refractivity contribution < 1.29 is 4.68 Å².